The zero-order chi connectivity index (χ0) is 32.8. The lowest BCUT2D eigenvalue weighted by molar-refractivity contribution is -0.274. The van der Waals surface area contributed by atoms with Crippen LogP contribution in [0.4, 0.5) is 13.2 Å². The minimum absolute atomic E-state index is 0.125. The lowest BCUT2D eigenvalue weighted by Gasteiger charge is -2.22. The van der Waals surface area contributed by atoms with Gasteiger partial charge in [-0.05, 0) is 97.7 Å². The van der Waals surface area contributed by atoms with Crippen LogP contribution >= 0.6 is 0 Å². The second-order valence-electron chi connectivity index (χ2n) is 11.6. The van der Waals surface area contributed by atoms with E-state index >= 15 is 0 Å². The van der Waals surface area contributed by atoms with Gasteiger partial charge in [0.05, 0.1) is 18.0 Å². The zero-order valence-electron chi connectivity index (χ0n) is 25.7. The van der Waals surface area contributed by atoms with Gasteiger partial charge in [-0.2, -0.15) is 0 Å². The molecule has 0 fully saturated rings. The van der Waals surface area contributed by atoms with Crippen molar-refractivity contribution in [3.63, 3.8) is 0 Å². The molecule has 0 radical (unpaired) electrons. The fraction of sp³-hybridized carbons (Fsp3) is 0.263. The number of esters is 1. The van der Waals surface area contributed by atoms with Crippen LogP contribution < -0.4 is 9.47 Å². The van der Waals surface area contributed by atoms with E-state index < -0.39 is 18.0 Å². The van der Waals surface area contributed by atoms with Crippen LogP contribution in [0.25, 0.3) is 10.9 Å². The van der Waals surface area contributed by atoms with Gasteiger partial charge < -0.3 is 14.2 Å². The largest absolute Gasteiger partial charge is 0.573 e. The predicted molar refractivity (Wildman–Crippen MR) is 171 cm³/mol. The number of alkyl halides is 3. The number of carbonyl (C=O) groups excluding carboxylic acids is 2. The molecule has 6 nitrogen and oxygen atoms in total. The van der Waals surface area contributed by atoms with Gasteiger partial charge in [0.25, 0.3) is 5.91 Å². The van der Waals surface area contributed by atoms with Crippen LogP contribution in [0.3, 0.4) is 0 Å². The second kappa shape index (κ2) is 14.2. The topological polar surface area (TPSA) is 66.8 Å². The average Bonchev–Trinajstić information content (AvgIpc) is 3.40. The molecule has 9 heteroatoms. The Morgan fingerprint density at radius 3 is 2.19 bits per heavy atom. The van der Waals surface area contributed by atoms with E-state index in [0.717, 1.165) is 24.8 Å². The van der Waals surface area contributed by atoms with E-state index in [-0.39, 0.29) is 24.9 Å². The smallest absolute Gasteiger partial charge is 0.494 e. The highest BCUT2D eigenvalue weighted by molar-refractivity contribution is 6.04. The Morgan fingerprint density at radius 2 is 1.49 bits per heavy atom. The summed E-state index contributed by atoms with van der Waals surface area (Å²) < 4.78 is 56.5. The van der Waals surface area contributed by atoms with Gasteiger partial charge in [-0.15, -0.1) is 13.2 Å². The summed E-state index contributed by atoms with van der Waals surface area (Å²) in [7, 11) is 0. The SMILES string of the molecule is O=C(OCc1ccccc1)C1CCc2c(c3cc(OC(F)(F)F)ccc3n2C(=O)c2ccc(OCCCCc3ccccc3)cc2)C1. The van der Waals surface area contributed by atoms with Crippen molar-refractivity contribution in [3.05, 3.63) is 131 Å². The zero-order valence-corrected chi connectivity index (χ0v) is 25.7. The third kappa shape index (κ3) is 7.85. The van der Waals surface area contributed by atoms with Crippen molar-refractivity contribution in [2.45, 2.75) is 51.5 Å². The molecule has 0 spiro atoms. The van der Waals surface area contributed by atoms with E-state index in [1.807, 2.05) is 48.5 Å². The lowest BCUT2D eigenvalue weighted by atomic mass is 9.86. The fourth-order valence-electron chi connectivity index (χ4n) is 6.10. The number of hydrogen-bond acceptors (Lipinski definition) is 5. The van der Waals surface area contributed by atoms with Crippen LogP contribution in [0.5, 0.6) is 11.5 Å². The third-order valence-electron chi connectivity index (χ3n) is 8.40. The molecule has 0 bridgehead atoms. The summed E-state index contributed by atoms with van der Waals surface area (Å²) in [5.74, 6) is -0.954. The first kappa shape index (κ1) is 31.9. The molecule has 1 unspecified atom stereocenters. The number of rotatable bonds is 11. The van der Waals surface area contributed by atoms with Crippen molar-refractivity contribution in [1.82, 2.24) is 4.57 Å². The summed E-state index contributed by atoms with van der Waals surface area (Å²) in [5.41, 5.74) is 4.31. The maximum absolute atomic E-state index is 13.9. The van der Waals surface area contributed by atoms with Gasteiger partial charge in [-0.25, -0.2) is 0 Å². The van der Waals surface area contributed by atoms with E-state index in [1.165, 1.54) is 23.8 Å². The number of unbranched alkanes of at least 4 members (excludes halogenated alkanes) is 1. The summed E-state index contributed by atoms with van der Waals surface area (Å²) in [5, 5.41) is 0.436. The van der Waals surface area contributed by atoms with Crippen molar-refractivity contribution in [3.8, 4) is 11.5 Å². The molecule has 6 rings (SSSR count). The van der Waals surface area contributed by atoms with Gasteiger partial charge >= 0.3 is 12.3 Å². The number of aromatic nitrogens is 1. The Kier molecular flexibility index (Phi) is 9.61. The van der Waals surface area contributed by atoms with Crippen molar-refractivity contribution < 1.29 is 37.0 Å². The van der Waals surface area contributed by atoms with Crippen molar-refractivity contribution >= 4 is 22.8 Å². The maximum Gasteiger partial charge on any atom is 0.573 e. The summed E-state index contributed by atoms with van der Waals surface area (Å²) in [6.07, 6.45) is -0.973. The first-order valence-corrected chi connectivity index (χ1v) is 15.7. The molecule has 242 valence electrons. The van der Waals surface area contributed by atoms with E-state index in [1.54, 1.807) is 28.8 Å². The number of ether oxygens (including phenoxy) is 3. The molecule has 0 N–H and O–H groups in total. The third-order valence-corrected chi connectivity index (χ3v) is 8.40. The quantitative estimate of drug-likeness (QED) is 0.107. The van der Waals surface area contributed by atoms with Crippen molar-refractivity contribution in [2.75, 3.05) is 6.61 Å². The molecular formula is C38H34F3NO5. The Labute approximate surface area is 270 Å². The molecule has 0 saturated carbocycles. The molecule has 0 aliphatic heterocycles. The van der Waals surface area contributed by atoms with Crippen LogP contribution in [-0.4, -0.2) is 29.4 Å². The van der Waals surface area contributed by atoms with Gasteiger partial charge in [-0.1, -0.05) is 60.7 Å². The van der Waals surface area contributed by atoms with Gasteiger partial charge in [0.2, 0.25) is 0 Å². The van der Waals surface area contributed by atoms with Crippen molar-refractivity contribution in [1.29, 1.82) is 0 Å². The molecule has 1 atom stereocenters. The Balaban J connectivity index is 1.19. The number of halogens is 3. The molecule has 1 aromatic heterocycles. The highest BCUT2D eigenvalue weighted by Crippen LogP contribution is 2.38. The molecule has 47 heavy (non-hydrogen) atoms. The highest BCUT2D eigenvalue weighted by Gasteiger charge is 2.34. The van der Waals surface area contributed by atoms with Crippen LogP contribution in [0.15, 0.2) is 103 Å². The van der Waals surface area contributed by atoms with Crippen LogP contribution in [0.1, 0.15) is 52.0 Å². The summed E-state index contributed by atoms with van der Waals surface area (Å²) in [4.78, 5) is 27.0. The molecule has 1 aliphatic carbocycles. The Bertz CT molecular complexity index is 1830. The minimum atomic E-state index is -4.87. The molecule has 4 aromatic carbocycles. The first-order valence-electron chi connectivity index (χ1n) is 15.7. The molecule has 0 saturated heterocycles. The standard InChI is InChI=1S/C38H34F3NO5/c39-38(40,41)47-31-19-21-35-33(24-31)32-23-29(37(44)46-25-27-12-5-2-6-13-27)16-20-34(32)42(35)36(43)28-14-17-30(18-15-28)45-22-8-7-11-26-9-3-1-4-10-26/h1-6,9-10,12-15,17-19,21,24,29H,7-8,11,16,20,22-23,25H2. The fourth-order valence-corrected chi connectivity index (χ4v) is 6.10. The Morgan fingerprint density at radius 1 is 0.809 bits per heavy atom. The summed E-state index contributed by atoms with van der Waals surface area (Å²) in [6.45, 7) is 0.674. The molecule has 1 heterocycles. The van der Waals surface area contributed by atoms with Crippen molar-refractivity contribution in [2.24, 2.45) is 5.92 Å². The predicted octanol–water partition coefficient (Wildman–Crippen LogP) is 8.48. The highest BCUT2D eigenvalue weighted by atomic mass is 19.4. The second-order valence-corrected chi connectivity index (χ2v) is 11.6. The number of benzene rings is 4. The first-order chi connectivity index (χ1) is 22.7. The van der Waals surface area contributed by atoms with E-state index in [2.05, 4.69) is 16.9 Å². The Hall–Kier alpha value is -5.05. The van der Waals surface area contributed by atoms with Crippen LogP contribution in [0, 0.1) is 5.92 Å². The van der Waals surface area contributed by atoms with Crippen LogP contribution in [-0.2, 0) is 35.4 Å². The number of nitrogens with zero attached hydrogens (tertiary/aromatic N) is 1. The summed E-state index contributed by atoms with van der Waals surface area (Å²) >= 11 is 0. The number of carbonyl (C=O) groups is 2. The lowest BCUT2D eigenvalue weighted by Crippen LogP contribution is -2.26. The van der Waals surface area contributed by atoms with Gasteiger partial charge in [0.1, 0.15) is 18.1 Å². The molecule has 0 amide bonds. The number of hydrogen-bond donors (Lipinski definition) is 0. The monoisotopic (exact) mass is 641 g/mol. The maximum atomic E-state index is 13.9. The molecular weight excluding hydrogens is 607 g/mol. The van der Waals surface area contributed by atoms with Crippen LogP contribution in [0.2, 0.25) is 0 Å². The average molecular weight is 642 g/mol. The van der Waals surface area contributed by atoms with E-state index in [4.69, 9.17) is 9.47 Å². The van der Waals surface area contributed by atoms with Gasteiger partial charge in [-0.3, -0.25) is 14.2 Å². The molecule has 5 aromatic rings. The number of fused-ring (bicyclic) bond motifs is 3. The normalized spacial score (nSPS) is 14.4. The van der Waals surface area contributed by atoms with E-state index in [9.17, 15) is 22.8 Å². The number of aryl methyl sites for hydroxylation is 1. The molecule has 1 aliphatic rings. The minimum Gasteiger partial charge on any atom is -0.494 e. The van der Waals surface area contributed by atoms with Gasteiger partial charge in [0, 0.05) is 16.6 Å². The van der Waals surface area contributed by atoms with E-state index in [0.29, 0.717) is 52.9 Å². The summed E-state index contributed by atoms with van der Waals surface area (Å²) in [6, 6.07) is 30.4. The van der Waals surface area contributed by atoms with Gasteiger partial charge in [0.15, 0.2) is 0 Å².